The lowest BCUT2D eigenvalue weighted by Gasteiger charge is -2.39. The van der Waals surface area contributed by atoms with Crippen molar-refractivity contribution in [2.45, 2.75) is 46.2 Å². The van der Waals surface area contributed by atoms with Crippen LogP contribution in [0.5, 0.6) is 0 Å². The van der Waals surface area contributed by atoms with Gasteiger partial charge in [0.1, 0.15) is 0 Å². The molecule has 0 saturated carbocycles. The Kier molecular flexibility index (Phi) is 5.48. The van der Waals surface area contributed by atoms with Gasteiger partial charge < -0.3 is 18.9 Å². The molecule has 0 aliphatic carbocycles. The third kappa shape index (κ3) is 4.57. The second kappa shape index (κ2) is 6.17. The summed E-state index contributed by atoms with van der Waals surface area (Å²) in [6.07, 6.45) is 0. The van der Waals surface area contributed by atoms with Gasteiger partial charge in [-0.3, -0.25) is 19.2 Å². The molecule has 8 heteroatoms. The molecule has 0 spiro atoms. The summed E-state index contributed by atoms with van der Waals surface area (Å²) < 4.78 is 19.0. The molecule has 0 amide bonds. The topological polar surface area (TPSA) is 105 Å². The van der Waals surface area contributed by atoms with Crippen molar-refractivity contribution < 1.29 is 38.1 Å². The van der Waals surface area contributed by atoms with Crippen LogP contribution in [-0.2, 0) is 38.1 Å². The molecule has 19 heavy (non-hydrogen) atoms. The van der Waals surface area contributed by atoms with Crippen LogP contribution in [-0.4, -0.2) is 36.0 Å². The Morgan fingerprint density at radius 1 is 0.842 bits per heavy atom. The maximum Gasteiger partial charge on any atom is 0.465 e. The molecule has 0 aliphatic heterocycles. The zero-order valence-corrected chi connectivity index (χ0v) is 11.3. The molecule has 0 saturated heterocycles. The summed E-state index contributed by atoms with van der Waals surface area (Å²) in [6, 6.07) is 0. The summed E-state index contributed by atoms with van der Waals surface area (Å²) in [7, 11) is 0. The fraction of sp³-hybridized carbons (Fsp3) is 0.636. The standard InChI is InChI=1S/C11H16O8/c1-7(13)17-11(18-8(2)14,19-9(3)15)10(4,5)16-6-12/h6H,1-5H3. The lowest BCUT2D eigenvalue weighted by molar-refractivity contribution is -0.383. The predicted octanol–water partition coefficient (Wildman–Crippen LogP) is 0.281. The first-order valence-electron chi connectivity index (χ1n) is 5.26. The molecule has 0 aromatic heterocycles. The van der Waals surface area contributed by atoms with E-state index in [-0.39, 0.29) is 6.47 Å². The van der Waals surface area contributed by atoms with Crippen LogP contribution in [0.3, 0.4) is 0 Å². The van der Waals surface area contributed by atoms with Crippen LogP contribution in [0.25, 0.3) is 0 Å². The lowest BCUT2D eigenvalue weighted by atomic mass is 10.1. The van der Waals surface area contributed by atoms with E-state index in [4.69, 9.17) is 14.2 Å². The van der Waals surface area contributed by atoms with Crippen molar-refractivity contribution in [2.24, 2.45) is 0 Å². The molecule has 0 N–H and O–H groups in total. The SMILES string of the molecule is CC(=O)OC(OC(C)=O)(OC(C)=O)C(C)(C)OC=O. The summed E-state index contributed by atoms with van der Waals surface area (Å²) in [4.78, 5) is 43.9. The molecule has 108 valence electrons. The fourth-order valence-corrected chi connectivity index (χ4v) is 1.19. The normalized spacial score (nSPS) is 11.2. The maximum absolute atomic E-state index is 11.1. The van der Waals surface area contributed by atoms with Crippen LogP contribution in [0.1, 0.15) is 34.6 Å². The van der Waals surface area contributed by atoms with Crippen LogP contribution in [0, 0.1) is 0 Å². The minimum Gasteiger partial charge on any atom is -0.449 e. The number of hydrogen-bond acceptors (Lipinski definition) is 8. The van der Waals surface area contributed by atoms with E-state index in [0.29, 0.717) is 0 Å². The van der Waals surface area contributed by atoms with Crippen LogP contribution < -0.4 is 0 Å². The van der Waals surface area contributed by atoms with E-state index in [1.807, 2.05) is 0 Å². The highest BCUT2D eigenvalue weighted by molar-refractivity contribution is 5.71. The highest BCUT2D eigenvalue weighted by Crippen LogP contribution is 2.33. The minimum atomic E-state index is -2.49. The van der Waals surface area contributed by atoms with Gasteiger partial charge in [-0.25, -0.2) is 0 Å². The molecule has 0 fully saturated rings. The van der Waals surface area contributed by atoms with Crippen molar-refractivity contribution in [1.29, 1.82) is 0 Å². The van der Waals surface area contributed by atoms with Crippen molar-refractivity contribution in [3.8, 4) is 0 Å². The highest BCUT2D eigenvalue weighted by Gasteiger charge is 2.58. The molecule has 0 aliphatic rings. The van der Waals surface area contributed by atoms with Gasteiger partial charge in [-0.1, -0.05) is 0 Å². The molecule has 0 aromatic rings. The lowest BCUT2D eigenvalue weighted by Crippen LogP contribution is -2.59. The summed E-state index contributed by atoms with van der Waals surface area (Å²) in [5.41, 5.74) is -1.74. The van der Waals surface area contributed by atoms with Gasteiger partial charge in [-0.05, 0) is 13.8 Å². The number of hydrogen-bond donors (Lipinski definition) is 0. The average Bonchev–Trinajstić information content (AvgIpc) is 2.12. The molecular formula is C11H16O8. The first-order valence-corrected chi connectivity index (χ1v) is 5.26. The summed E-state index contributed by atoms with van der Waals surface area (Å²) in [6.45, 7) is 5.58. The number of esters is 3. The van der Waals surface area contributed by atoms with Crippen LogP contribution in [0.2, 0.25) is 0 Å². The Balaban J connectivity index is 5.69. The molecule has 0 radical (unpaired) electrons. The number of ether oxygens (including phenoxy) is 4. The van der Waals surface area contributed by atoms with Gasteiger partial charge in [0.2, 0.25) is 5.60 Å². The monoisotopic (exact) mass is 276 g/mol. The van der Waals surface area contributed by atoms with E-state index in [0.717, 1.165) is 20.8 Å². The Hall–Kier alpha value is -2.12. The molecule has 0 atom stereocenters. The molecule has 8 nitrogen and oxygen atoms in total. The van der Waals surface area contributed by atoms with Gasteiger partial charge >= 0.3 is 23.9 Å². The van der Waals surface area contributed by atoms with Crippen molar-refractivity contribution >= 4 is 24.4 Å². The van der Waals surface area contributed by atoms with Gasteiger partial charge in [-0.15, -0.1) is 0 Å². The van der Waals surface area contributed by atoms with E-state index in [2.05, 4.69) is 4.74 Å². The third-order valence-electron chi connectivity index (χ3n) is 1.91. The number of carbonyl (C=O) groups is 4. The summed E-state index contributed by atoms with van der Waals surface area (Å²) >= 11 is 0. The van der Waals surface area contributed by atoms with Gasteiger partial charge in [0.25, 0.3) is 6.47 Å². The first kappa shape index (κ1) is 16.9. The second-order valence-electron chi connectivity index (χ2n) is 4.06. The zero-order valence-electron chi connectivity index (χ0n) is 11.3. The molecule has 0 rings (SSSR count). The zero-order chi connectivity index (χ0) is 15.3. The Morgan fingerprint density at radius 3 is 1.37 bits per heavy atom. The molecule has 0 aromatic carbocycles. The Labute approximate surface area is 109 Å². The van der Waals surface area contributed by atoms with E-state index in [1.165, 1.54) is 13.8 Å². The maximum atomic E-state index is 11.1. The van der Waals surface area contributed by atoms with E-state index >= 15 is 0 Å². The Morgan fingerprint density at radius 2 is 1.16 bits per heavy atom. The quantitative estimate of drug-likeness (QED) is 0.387. The summed E-state index contributed by atoms with van der Waals surface area (Å²) in [5, 5.41) is 0. The number of carbonyl (C=O) groups excluding carboxylic acids is 4. The second-order valence-corrected chi connectivity index (χ2v) is 4.06. The highest BCUT2D eigenvalue weighted by atomic mass is 16.9. The van der Waals surface area contributed by atoms with Crippen molar-refractivity contribution in [1.82, 2.24) is 0 Å². The smallest absolute Gasteiger partial charge is 0.449 e. The van der Waals surface area contributed by atoms with Crippen molar-refractivity contribution in [2.75, 3.05) is 0 Å². The van der Waals surface area contributed by atoms with Gasteiger partial charge in [-0.2, -0.15) is 0 Å². The first-order chi connectivity index (χ1) is 8.56. The van der Waals surface area contributed by atoms with Crippen molar-refractivity contribution in [3.05, 3.63) is 0 Å². The van der Waals surface area contributed by atoms with E-state index in [1.54, 1.807) is 0 Å². The van der Waals surface area contributed by atoms with E-state index < -0.39 is 29.5 Å². The van der Waals surface area contributed by atoms with Gasteiger partial charge in [0.05, 0.1) is 0 Å². The van der Waals surface area contributed by atoms with Crippen LogP contribution >= 0.6 is 0 Å². The average molecular weight is 276 g/mol. The van der Waals surface area contributed by atoms with Crippen LogP contribution in [0.4, 0.5) is 0 Å². The minimum absolute atomic E-state index is 0.0469. The third-order valence-corrected chi connectivity index (χ3v) is 1.91. The van der Waals surface area contributed by atoms with Gasteiger partial charge in [0.15, 0.2) is 0 Å². The van der Waals surface area contributed by atoms with Crippen LogP contribution in [0.15, 0.2) is 0 Å². The summed E-state index contributed by atoms with van der Waals surface area (Å²) in [5.74, 6) is -5.18. The molecule has 0 unspecified atom stereocenters. The largest absolute Gasteiger partial charge is 0.465 e. The molecular weight excluding hydrogens is 260 g/mol. The number of rotatable bonds is 6. The molecule has 0 bridgehead atoms. The van der Waals surface area contributed by atoms with Crippen molar-refractivity contribution in [3.63, 3.8) is 0 Å². The van der Waals surface area contributed by atoms with E-state index in [9.17, 15) is 19.2 Å². The van der Waals surface area contributed by atoms with Gasteiger partial charge in [0, 0.05) is 20.8 Å². The fourth-order valence-electron chi connectivity index (χ4n) is 1.19. The Bertz CT molecular complexity index is 343. The predicted molar refractivity (Wildman–Crippen MR) is 59.3 cm³/mol. The molecule has 0 heterocycles.